The molecule has 1 aromatic rings. The lowest BCUT2D eigenvalue weighted by Gasteiger charge is -2.42. The quantitative estimate of drug-likeness (QED) is 0.868. The van der Waals surface area contributed by atoms with E-state index in [1.54, 1.807) is 17.5 Å². The third-order valence-electron chi connectivity index (χ3n) is 6.74. The van der Waals surface area contributed by atoms with Crippen LogP contribution in [0.2, 0.25) is 0 Å². The van der Waals surface area contributed by atoms with Gasteiger partial charge in [0.25, 0.3) is 0 Å². The molecule has 1 heteroatoms. The maximum Gasteiger partial charge on any atom is 0.00832 e. The molecule has 2 saturated carbocycles. The zero-order chi connectivity index (χ0) is 14.3. The first kappa shape index (κ1) is 13.8. The van der Waals surface area contributed by atoms with Gasteiger partial charge in [-0.25, -0.2) is 0 Å². The van der Waals surface area contributed by atoms with E-state index in [1.807, 2.05) is 0 Å². The second-order valence-electron chi connectivity index (χ2n) is 7.96. The van der Waals surface area contributed by atoms with E-state index in [2.05, 4.69) is 36.6 Å². The Morgan fingerprint density at radius 2 is 2.10 bits per heavy atom. The fourth-order valence-electron chi connectivity index (χ4n) is 5.94. The molecule has 3 aliphatic carbocycles. The van der Waals surface area contributed by atoms with E-state index in [1.165, 1.54) is 44.9 Å². The van der Waals surface area contributed by atoms with Crippen LogP contribution in [-0.4, -0.2) is 13.6 Å². The van der Waals surface area contributed by atoms with Crippen molar-refractivity contribution in [2.75, 3.05) is 13.6 Å². The number of hydrogen-bond donors (Lipinski definition) is 1. The Labute approximate surface area is 129 Å². The molecule has 1 aromatic carbocycles. The molecule has 21 heavy (non-hydrogen) atoms. The first-order valence-electron chi connectivity index (χ1n) is 9.04. The Hall–Kier alpha value is -0.820. The summed E-state index contributed by atoms with van der Waals surface area (Å²) in [6.07, 6.45) is 11.6. The first-order valence-corrected chi connectivity index (χ1v) is 9.04. The molecule has 4 atom stereocenters. The van der Waals surface area contributed by atoms with Crippen LogP contribution in [0.15, 0.2) is 24.3 Å². The number of hydrogen-bond acceptors (Lipinski definition) is 1. The molecule has 0 heterocycles. The largest absolute Gasteiger partial charge is 0.319 e. The minimum atomic E-state index is 0.415. The van der Waals surface area contributed by atoms with Gasteiger partial charge in [0.2, 0.25) is 0 Å². The summed E-state index contributed by atoms with van der Waals surface area (Å²) in [4.78, 5) is 0. The van der Waals surface area contributed by atoms with Crippen molar-refractivity contribution in [2.45, 2.75) is 56.8 Å². The van der Waals surface area contributed by atoms with E-state index >= 15 is 0 Å². The van der Waals surface area contributed by atoms with Gasteiger partial charge in [0, 0.05) is 12.0 Å². The molecule has 1 N–H and O–H groups in total. The smallest absolute Gasteiger partial charge is 0.00832 e. The first-order chi connectivity index (χ1) is 10.3. The monoisotopic (exact) mass is 283 g/mol. The summed E-state index contributed by atoms with van der Waals surface area (Å²) in [5.41, 5.74) is 3.72. The van der Waals surface area contributed by atoms with Crippen LogP contribution in [0, 0.1) is 17.8 Å². The van der Waals surface area contributed by atoms with Crippen molar-refractivity contribution < 1.29 is 0 Å². The Morgan fingerprint density at radius 1 is 1.19 bits per heavy atom. The lowest BCUT2D eigenvalue weighted by Crippen LogP contribution is -2.42. The standard InChI is InChI=1S/C20H29N/c1-21-14-20(13-18-12-15-8-9-17(18)11-15)10-4-6-16-5-2-3-7-19(16)20/h2-3,5,7,15,17-18,21H,4,6,8-14H2,1H3. The molecule has 0 aliphatic heterocycles. The number of aryl methyl sites for hydroxylation is 1. The second kappa shape index (κ2) is 5.43. The predicted octanol–water partition coefficient (Wildman–Crippen LogP) is 4.31. The van der Waals surface area contributed by atoms with Gasteiger partial charge in [0.15, 0.2) is 0 Å². The topological polar surface area (TPSA) is 12.0 Å². The van der Waals surface area contributed by atoms with E-state index in [-0.39, 0.29) is 0 Å². The van der Waals surface area contributed by atoms with Crippen LogP contribution in [0.3, 0.4) is 0 Å². The minimum absolute atomic E-state index is 0.415. The van der Waals surface area contributed by atoms with Gasteiger partial charge >= 0.3 is 0 Å². The molecule has 0 spiro atoms. The Bertz CT molecular complexity index is 508. The zero-order valence-electron chi connectivity index (χ0n) is 13.4. The van der Waals surface area contributed by atoms with Crippen LogP contribution >= 0.6 is 0 Å². The fraction of sp³-hybridized carbons (Fsp3) is 0.700. The van der Waals surface area contributed by atoms with E-state index in [0.717, 1.165) is 24.3 Å². The van der Waals surface area contributed by atoms with Crippen LogP contribution < -0.4 is 5.32 Å². The maximum atomic E-state index is 3.54. The average molecular weight is 283 g/mol. The van der Waals surface area contributed by atoms with Gasteiger partial charge in [-0.1, -0.05) is 30.7 Å². The van der Waals surface area contributed by atoms with Crippen LogP contribution in [-0.2, 0) is 11.8 Å². The summed E-state index contributed by atoms with van der Waals surface area (Å²) in [5.74, 6) is 3.13. The van der Waals surface area contributed by atoms with Crippen molar-refractivity contribution in [1.29, 1.82) is 0 Å². The van der Waals surface area contributed by atoms with Gasteiger partial charge < -0.3 is 5.32 Å². The summed E-state index contributed by atoms with van der Waals surface area (Å²) < 4.78 is 0. The molecule has 2 fully saturated rings. The highest BCUT2D eigenvalue weighted by Gasteiger charge is 2.45. The van der Waals surface area contributed by atoms with Crippen molar-refractivity contribution in [1.82, 2.24) is 5.32 Å². The number of likely N-dealkylation sites (N-methyl/N-ethyl adjacent to an activating group) is 1. The fourth-order valence-corrected chi connectivity index (χ4v) is 5.94. The average Bonchev–Trinajstić information content (AvgIpc) is 3.11. The second-order valence-corrected chi connectivity index (χ2v) is 7.96. The minimum Gasteiger partial charge on any atom is -0.319 e. The summed E-state index contributed by atoms with van der Waals surface area (Å²) >= 11 is 0. The molecule has 1 nitrogen and oxygen atoms in total. The number of fused-ring (bicyclic) bond motifs is 3. The Kier molecular flexibility index (Phi) is 3.57. The van der Waals surface area contributed by atoms with Crippen LogP contribution in [0.5, 0.6) is 0 Å². The molecule has 2 bridgehead atoms. The molecule has 0 radical (unpaired) electrons. The van der Waals surface area contributed by atoms with E-state index in [0.29, 0.717) is 5.41 Å². The van der Waals surface area contributed by atoms with Gasteiger partial charge in [0.05, 0.1) is 0 Å². The van der Waals surface area contributed by atoms with Gasteiger partial charge in [-0.2, -0.15) is 0 Å². The van der Waals surface area contributed by atoms with Crippen molar-refractivity contribution >= 4 is 0 Å². The van der Waals surface area contributed by atoms with Crippen LogP contribution in [0.1, 0.15) is 56.1 Å². The van der Waals surface area contributed by atoms with E-state index in [4.69, 9.17) is 0 Å². The third kappa shape index (κ3) is 2.34. The van der Waals surface area contributed by atoms with E-state index < -0.39 is 0 Å². The summed E-state index contributed by atoms with van der Waals surface area (Å²) in [6.45, 7) is 1.16. The molecule has 114 valence electrons. The molecule has 0 saturated heterocycles. The molecule has 0 amide bonds. The number of rotatable bonds is 4. The zero-order valence-corrected chi connectivity index (χ0v) is 13.4. The molecule has 0 aromatic heterocycles. The SMILES string of the molecule is CNCC1(CC2CC3CCC2C3)CCCc2ccccc21. The highest BCUT2D eigenvalue weighted by atomic mass is 14.8. The number of benzene rings is 1. The maximum absolute atomic E-state index is 3.54. The Balaban J connectivity index is 1.64. The molecule has 4 unspecified atom stereocenters. The Morgan fingerprint density at radius 3 is 2.86 bits per heavy atom. The van der Waals surface area contributed by atoms with Gasteiger partial charge in [0.1, 0.15) is 0 Å². The lowest BCUT2D eigenvalue weighted by atomic mass is 9.64. The number of nitrogens with one attached hydrogen (secondary N) is 1. The normalized spacial score (nSPS) is 37.7. The lowest BCUT2D eigenvalue weighted by molar-refractivity contribution is 0.215. The van der Waals surface area contributed by atoms with Crippen molar-refractivity contribution in [3.05, 3.63) is 35.4 Å². The molecule has 4 rings (SSSR count). The summed E-state index contributed by atoms with van der Waals surface area (Å²) in [6, 6.07) is 9.29. The molecular formula is C20H29N. The van der Waals surface area contributed by atoms with Crippen molar-refractivity contribution in [3.63, 3.8) is 0 Å². The molecular weight excluding hydrogens is 254 g/mol. The highest BCUT2D eigenvalue weighted by molar-refractivity contribution is 5.37. The van der Waals surface area contributed by atoms with Gasteiger partial charge in [-0.15, -0.1) is 0 Å². The van der Waals surface area contributed by atoms with E-state index in [9.17, 15) is 0 Å². The highest BCUT2D eigenvalue weighted by Crippen LogP contribution is 2.53. The van der Waals surface area contributed by atoms with Crippen molar-refractivity contribution in [2.24, 2.45) is 17.8 Å². The van der Waals surface area contributed by atoms with Crippen molar-refractivity contribution in [3.8, 4) is 0 Å². The predicted molar refractivity (Wildman–Crippen MR) is 88.5 cm³/mol. The summed E-state index contributed by atoms with van der Waals surface area (Å²) in [7, 11) is 2.14. The summed E-state index contributed by atoms with van der Waals surface area (Å²) in [5, 5.41) is 3.54. The van der Waals surface area contributed by atoms with Crippen LogP contribution in [0.25, 0.3) is 0 Å². The molecule has 3 aliphatic rings. The van der Waals surface area contributed by atoms with Gasteiger partial charge in [-0.3, -0.25) is 0 Å². The van der Waals surface area contributed by atoms with Crippen LogP contribution in [0.4, 0.5) is 0 Å². The van der Waals surface area contributed by atoms with Gasteiger partial charge in [-0.05, 0) is 80.9 Å². The third-order valence-corrected chi connectivity index (χ3v) is 6.74.